The lowest BCUT2D eigenvalue weighted by Gasteiger charge is -2.24. The zero-order valence-corrected chi connectivity index (χ0v) is 13.2. The van der Waals surface area contributed by atoms with Crippen molar-refractivity contribution in [2.24, 2.45) is 0 Å². The third-order valence-corrected chi connectivity index (χ3v) is 3.61. The number of ether oxygens (including phenoxy) is 2. The van der Waals surface area contributed by atoms with Crippen LogP contribution in [0.1, 0.15) is 17.1 Å². The summed E-state index contributed by atoms with van der Waals surface area (Å²) in [5.74, 6) is 1.63. The van der Waals surface area contributed by atoms with E-state index in [1.807, 2.05) is 20.1 Å². The Bertz CT molecular complexity index is 506. The molecular weight excluding hydrogens is 292 g/mol. The van der Waals surface area contributed by atoms with Gasteiger partial charge in [-0.25, -0.2) is 9.78 Å². The Kier molecular flexibility index (Phi) is 5.77. The highest BCUT2D eigenvalue weighted by Crippen LogP contribution is 2.19. The number of rotatable bonds is 4. The van der Waals surface area contributed by atoms with Gasteiger partial charge in [0, 0.05) is 24.3 Å². The molecule has 0 aromatic carbocycles. The first-order valence-corrected chi connectivity index (χ1v) is 8.13. The number of carbonyl (C=O) groups is 1. The normalized spacial score (nSPS) is 18.3. The van der Waals surface area contributed by atoms with Crippen LogP contribution in [0, 0.1) is 13.8 Å². The summed E-state index contributed by atoms with van der Waals surface area (Å²) < 4.78 is 10.7. The van der Waals surface area contributed by atoms with E-state index < -0.39 is 6.09 Å². The van der Waals surface area contributed by atoms with Crippen molar-refractivity contribution < 1.29 is 14.3 Å². The number of amides is 1. The Morgan fingerprint density at radius 2 is 2.33 bits per heavy atom. The Hall–Kier alpha value is -1.38. The minimum atomic E-state index is -0.569. The van der Waals surface area contributed by atoms with Gasteiger partial charge in [0.05, 0.1) is 12.4 Å². The van der Waals surface area contributed by atoms with Gasteiger partial charge >= 0.3 is 6.09 Å². The van der Waals surface area contributed by atoms with Gasteiger partial charge in [0.1, 0.15) is 12.1 Å². The summed E-state index contributed by atoms with van der Waals surface area (Å²) in [6.07, 6.45) is 1.03. The fourth-order valence-corrected chi connectivity index (χ4v) is 2.25. The molecule has 1 atom stereocenters. The summed E-state index contributed by atoms with van der Waals surface area (Å²) in [5, 5.41) is 5.78. The van der Waals surface area contributed by atoms with Gasteiger partial charge in [-0.1, -0.05) is 0 Å². The first-order valence-electron chi connectivity index (χ1n) is 6.74. The van der Waals surface area contributed by atoms with Crippen LogP contribution < -0.4 is 15.4 Å². The number of aryl methyl sites for hydroxylation is 1. The topological polar surface area (TPSA) is 85.4 Å². The van der Waals surface area contributed by atoms with Crippen LogP contribution in [0.2, 0.25) is 0 Å². The minimum absolute atomic E-state index is 0.299. The van der Waals surface area contributed by atoms with Crippen LogP contribution in [0.4, 0.5) is 4.79 Å². The van der Waals surface area contributed by atoms with Gasteiger partial charge in [-0.15, -0.1) is 0 Å². The Balaban J connectivity index is 2.01. The highest BCUT2D eigenvalue weighted by atomic mass is 32.2. The Labute approximate surface area is 128 Å². The average Bonchev–Trinajstić information content (AvgIpc) is 2.45. The standard InChI is InChI=1S/C13H20N4O3S/c1-8-9(2)15-10(7-21-3)16-12(8)20-13(18)17-11-6-14-4-5-19-11/h11,14H,4-7H2,1-3H3,(H,17,18). The van der Waals surface area contributed by atoms with Crippen molar-refractivity contribution in [3.63, 3.8) is 0 Å². The summed E-state index contributed by atoms with van der Waals surface area (Å²) in [5.41, 5.74) is 1.57. The quantitative estimate of drug-likeness (QED) is 0.857. The van der Waals surface area contributed by atoms with Gasteiger partial charge in [0.25, 0.3) is 0 Å². The fourth-order valence-electron chi connectivity index (χ4n) is 1.86. The predicted molar refractivity (Wildman–Crippen MR) is 80.5 cm³/mol. The van der Waals surface area contributed by atoms with Crippen molar-refractivity contribution in [2.75, 3.05) is 26.0 Å². The monoisotopic (exact) mass is 312 g/mol. The molecule has 1 unspecified atom stereocenters. The van der Waals surface area contributed by atoms with Crippen LogP contribution in [0.5, 0.6) is 5.88 Å². The maximum absolute atomic E-state index is 11.9. The molecule has 116 valence electrons. The maximum Gasteiger partial charge on any atom is 0.416 e. The zero-order valence-electron chi connectivity index (χ0n) is 12.4. The van der Waals surface area contributed by atoms with Crippen LogP contribution in [-0.2, 0) is 10.5 Å². The van der Waals surface area contributed by atoms with Crippen molar-refractivity contribution in [3.8, 4) is 5.88 Å². The molecule has 1 aliphatic heterocycles. The van der Waals surface area contributed by atoms with Gasteiger partial charge < -0.3 is 14.8 Å². The van der Waals surface area contributed by atoms with E-state index in [2.05, 4.69) is 20.6 Å². The first kappa shape index (κ1) is 16.0. The highest BCUT2D eigenvalue weighted by molar-refractivity contribution is 7.97. The number of thioether (sulfide) groups is 1. The number of morpholine rings is 1. The molecule has 1 aromatic rings. The molecule has 1 aliphatic rings. The van der Waals surface area contributed by atoms with E-state index in [1.54, 1.807) is 11.8 Å². The Morgan fingerprint density at radius 1 is 1.52 bits per heavy atom. The lowest BCUT2D eigenvalue weighted by molar-refractivity contribution is 0.0103. The zero-order chi connectivity index (χ0) is 15.2. The molecule has 2 rings (SSSR count). The van der Waals surface area contributed by atoms with Crippen molar-refractivity contribution in [3.05, 3.63) is 17.1 Å². The SMILES string of the molecule is CSCc1nc(C)c(C)c(OC(=O)NC2CNCCO2)n1. The third kappa shape index (κ3) is 4.55. The summed E-state index contributed by atoms with van der Waals surface area (Å²) in [7, 11) is 0. The van der Waals surface area contributed by atoms with Gasteiger partial charge in [-0.2, -0.15) is 16.7 Å². The average molecular weight is 312 g/mol. The van der Waals surface area contributed by atoms with Crippen LogP contribution in [-0.4, -0.2) is 48.2 Å². The molecule has 1 fully saturated rings. The molecule has 21 heavy (non-hydrogen) atoms. The van der Waals surface area contributed by atoms with E-state index in [0.29, 0.717) is 30.6 Å². The van der Waals surface area contributed by atoms with E-state index in [9.17, 15) is 4.79 Å². The van der Waals surface area contributed by atoms with Crippen LogP contribution >= 0.6 is 11.8 Å². The molecule has 0 saturated carbocycles. The van der Waals surface area contributed by atoms with E-state index in [1.165, 1.54) is 0 Å². The molecule has 1 saturated heterocycles. The first-order chi connectivity index (χ1) is 10.1. The Morgan fingerprint density at radius 3 is 3.00 bits per heavy atom. The smallest absolute Gasteiger partial charge is 0.391 e. The second kappa shape index (κ2) is 7.58. The number of carbonyl (C=O) groups excluding carboxylic acids is 1. The second-order valence-electron chi connectivity index (χ2n) is 4.69. The van der Waals surface area contributed by atoms with Crippen molar-refractivity contribution in [2.45, 2.75) is 25.8 Å². The van der Waals surface area contributed by atoms with Crippen molar-refractivity contribution in [1.29, 1.82) is 0 Å². The molecule has 0 aliphatic carbocycles. The summed E-state index contributed by atoms with van der Waals surface area (Å²) in [6.45, 7) is 5.62. The van der Waals surface area contributed by atoms with E-state index in [4.69, 9.17) is 9.47 Å². The second-order valence-corrected chi connectivity index (χ2v) is 5.55. The van der Waals surface area contributed by atoms with Gasteiger partial charge in [-0.3, -0.25) is 5.32 Å². The molecule has 8 heteroatoms. The molecular formula is C13H20N4O3S. The van der Waals surface area contributed by atoms with Gasteiger partial charge in [0.2, 0.25) is 5.88 Å². The largest absolute Gasteiger partial charge is 0.416 e. The van der Waals surface area contributed by atoms with Gasteiger partial charge in [0.15, 0.2) is 0 Å². The predicted octanol–water partition coefficient (Wildman–Crippen LogP) is 0.991. The molecule has 2 heterocycles. The van der Waals surface area contributed by atoms with Crippen LogP contribution in [0.15, 0.2) is 0 Å². The maximum atomic E-state index is 11.9. The summed E-state index contributed by atoms with van der Waals surface area (Å²) in [6, 6.07) is 0. The molecule has 0 radical (unpaired) electrons. The summed E-state index contributed by atoms with van der Waals surface area (Å²) in [4.78, 5) is 20.6. The van der Waals surface area contributed by atoms with Crippen molar-refractivity contribution >= 4 is 17.9 Å². The lowest BCUT2D eigenvalue weighted by Crippen LogP contribution is -2.49. The molecule has 1 aromatic heterocycles. The number of hydrogen-bond acceptors (Lipinski definition) is 7. The molecule has 1 amide bonds. The highest BCUT2D eigenvalue weighted by Gasteiger charge is 2.19. The van der Waals surface area contributed by atoms with Crippen molar-refractivity contribution in [1.82, 2.24) is 20.6 Å². The van der Waals surface area contributed by atoms with Crippen LogP contribution in [0.3, 0.4) is 0 Å². The molecule has 7 nitrogen and oxygen atoms in total. The number of hydrogen-bond donors (Lipinski definition) is 2. The third-order valence-electron chi connectivity index (χ3n) is 3.06. The van der Waals surface area contributed by atoms with E-state index in [0.717, 1.165) is 17.8 Å². The molecule has 0 spiro atoms. The number of nitrogens with one attached hydrogen (secondary N) is 2. The molecule has 0 bridgehead atoms. The number of nitrogens with zero attached hydrogens (tertiary/aromatic N) is 2. The lowest BCUT2D eigenvalue weighted by atomic mass is 10.2. The number of aromatic nitrogens is 2. The van der Waals surface area contributed by atoms with Crippen LogP contribution in [0.25, 0.3) is 0 Å². The minimum Gasteiger partial charge on any atom is -0.391 e. The fraction of sp³-hybridized carbons (Fsp3) is 0.615. The van der Waals surface area contributed by atoms with E-state index in [-0.39, 0.29) is 6.23 Å². The molecule has 2 N–H and O–H groups in total. The van der Waals surface area contributed by atoms with E-state index >= 15 is 0 Å². The summed E-state index contributed by atoms with van der Waals surface area (Å²) >= 11 is 1.62. The van der Waals surface area contributed by atoms with Gasteiger partial charge in [-0.05, 0) is 20.1 Å².